The van der Waals surface area contributed by atoms with Crippen molar-refractivity contribution in [2.75, 3.05) is 0 Å². The van der Waals surface area contributed by atoms with E-state index >= 15 is 0 Å². The van der Waals surface area contributed by atoms with Crippen molar-refractivity contribution in [2.24, 2.45) is 0 Å². The summed E-state index contributed by atoms with van der Waals surface area (Å²) in [7, 11) is 0. The number of amides is 1. The molecule has 2 rings (SSSR count). The number of hydrogen-bond donors (Lipinski definition) is 2. The van der Waals surface area contributed by atoms with E-state index in [4.69, 9.17) is 5.11 Å². The zero-order chi connectivity index (χ0) is 11.7. The first kappa shape index (κ1) is 12.1. The summed E-state index contributed by atoms with van der Waals surface area (Å²) in [5.41, 5.74) is 0.614. The number of hydrogen-bond acceptors (Lipinski definition) is 2. The van der Waals surface area contributed by atoms with Crippen LogP contribution >= 0.6 is 31.9 Å². The third-order valence-corrected chi connectivity index (χ3v) is 3.49. The summed E-state index contributed by atoms with van der Waals surface area (Å²) in [5, 5.41) is 12.0. The molecular weight excluding hydrogens is 338 g/mol. The van der Waals surface area contributed by atoms with E-state index in [9.17, 15) is 4.79 Å². The van der Waals surface area contributed by atoms with Crippen LogP contribution in [0.1, 0.15) is 23.2 Å². The Morgan fingerprint density at radius 1 is 1.25 bits per heavy atom. The highest BCUT2D eigenvalue weighted by atomic mass is 79.9. The Kier molecular flexibility index (Phi) is 3.66. The van der Waals surface area contributed by atoms with E-state index in [1.165, 1.54) is 0 Å². The molecule has 0 spiro atoms. The van der Waals surface area contributed by atoms with Crippen molar-refractivity contribution < 1.29 is 9.90 Å². The first-order chi connectivity index (χ1) is 7.54. The van der Waals surface area contributed by atoms with Gasteiger partial charge in [0.1, 0.15) is 0 Å². The summed E-state index contributed by atoms with van der Waals surface area (Å²) >= 11 is 6.68. The molecule has 1 aromatic carbocycles. The van der Waals surface area contributed by atoms with Gasteiger partial charge in [-0.05, 0) is 31.0 Å². The molecule has 0 heterocycles. The Morgan fingerprint density at radius 2 is 1.81 bits per heavy atom. The third kappa shape index (κ3) is 2.84. The lowest BCUT2D eigenvalue weighted by Gasteiger charge is -2.31. The number of aliphatic hydroxyl groups excluding tert-OH is 1. The van der Waals surface area contributed by atoms with E-state index in [-0.39, 0.29) is 18.1 Å². The van der Waals surface area contributed by atoms with E-state index in [0.717, 1.165) is 8.95 Å². The van der Waals surface area contributed by atoms with Crippen LogP contribution in [0.5, 0.6) is 0 Å². The van der Waals surface area contributed by atoms with Crippen molar-refractivity contribution in [3.63, 3.8) is 0 Å². The molecule has 0 unspecified atom stereocenters. The van der Waals surface area contributed by atoms with Crippen LogP contribution in [0.4, 0.5) is 0 Å². The second kappa shape index (κ2) is 4.85. The fraction of sp³-hybridized carbons (Fsp3) is 0.364. The summed E-state index contributed by atoms with van der Waals surface area (Å²) in [4.78, 5) is 11.8. The van der Waals surface area contributed by atoms with E-state index in [1.807, 2.05) is 6.07 Å². The summed E-state index contributed by atoms with van der Waals surface area (Å²) < 4.78 is 1.72. The average Bonchev–Trinajstić information content (AvgIpc) is 2.13. The molecule has 0 bridgehead atoms. The maximum atomic E-state index is 11.8. The second-order valence-electron chi connectivity index (χ2n) is 3.95. The molecule has 1 amide bonds. The molecule has 5 heteroatoms. The van der Waals surface area contributed by atoms with Gasteiger partial charge in [0.25, 0.3) is 5.91 Å². The molecule has 0 atom stereocenters. The van der Waals surface area contributed by atoms with Crippen LogP contribution in [0, 0.1) is 0 Å². The van der Waals surface area contributed by atoms with Crippen molar-refractivity contribution in [3.8, 4) is 0 Å². The van der Waals surface area contributed by atoms with Crippen LogP contribution in [0.25, 0.3) is 0 Å². The van der Waals surface area contributed by atoms with E-state index in [1.54, 1.807) is 12.1 Å². The predicted molar refractivity (Wildman–Crippen MR) is 68.3 cm³/mol. The normalized spacial score (nSPS) is 23.7. The molecule has 1 aliphatic rings. The van der Waals surface area contributed by atoms with E-state index in [0.29, 0.717) is 18.4 Å². The van der Waals surface area contributed by atoms with Crippen LogP contribution in [0.15, 0.2) is 27.1 Å². The monoisotopic (exact) mass is 347 g/mol. The van der Waals surface area contributed by atoms with Crippen molar-refractivity contribution in [2.45, 2.75) is 25.0 Å². The number of nitrogens with one attached hydrogen (secondary N) is 1. The maximum absolute atomic E-state index is 11.8. The minimum atomic E-state index is -0.250. The maximum Gasteiger partial charge on any atom is 0.251 e. The van der Waals surface area contributed by atoms with Crippen LogP contribution in [-0.4, -0.2) is 23.2 Å². The fourth-order valence-corrected chi connectivity index (χ4v) is 2.95. The molecular formula is C11H11Br2NO2. The molecule has 0 radical (unpaired) electrons. The second-order valence-corrected chi connectivity index (χ2v) is 5.79. The van der Waals surface area contributed by atoms with Crippen LogP contribution in [0.3, 0.4) is 0 Å². The van der Waals surface area contributed by atoms with Crippen molar-refractivity contribution >= 4 is 37.8 Å². The SMILES string of the molecule is O=C(NC1CC(O)C1)c1cc(Br)cc(Br)c1. The zero-order valence-electron chi connectivity index (χ0n) is 8.41. The Bertz CT molecular complexity index is 396. The van der Waals surface area contributed by atoms with Crippen molar-refractivity contribution in [1.29, 1.82) is 0 Å². The Balaban J connectivity index is 2.03. The minimum absolute atomic E-state index is 0.0982. The van der Waals surface area contributed by atoms with Gasteiger partial charge in [-0.2, -0.15) is 0 Å². The van der Waals surface area contributed by atoms with Gasteiger partial charge in [0.15, 0.2) is 0 Å². The molecule has 0 aliphatic heterocycles. The van der Waals surface area contributed by atoms with Gasteiger partial charge in [0.05, 0.1) is 6.10 Å². The number of aliphatic hydroxyl groups is 1. The van der Waals surface area contributed by atoms with E-state index in [2.05, 4.69) is 37.2 Å². The van der Waals surface area contributed by atoms with Gasteiger partial charge < -0.3 is 10.4 Å². The molecule has 1 aromatic rings. The Hall–Kier alpha value is -0.390. The van der Waals surface area contributed by atoms with Gasteiger partial charge in [-0.1, -0.05) is 31.9 Å². The number of benzene rings is 1. The molecule has 0 aromatic heterocycles. The highest BCUT2D eigenvalue weighted by Gasteiger charge is 2.28. The Labute approximate surface area is 110 Å². The molecule has 0 saturated heterocycles. The minimum Gasteiger partial charge on any atom is -0.393 e. The number of carbonyl (C=O) groups excluding carboxylic acids is 1. The largest absolute Gasteiger partial charge is 0.393 e. The standard InChI is InChI=1S/C11H11Br2NO2/c12-7-1-6(2-8(13)3-7)11(16)14-9-4-10(15)5-9/h1-3,9-10,15H,4-5H2,(H,14,16). The number of rotatable bonds is 2. The summed E-state index contributed by atoms with van der Waals surface area (Å²) in [6.45, 7) is 0. The molecule has 1 saturated carbocycles. The van der Waals surface area contributed by atoms with Gasteiger partial charge in [-0.3, -0.25) is 4.79 Å². The topological polar surface area (TPSA) is 49.3 Å². The summed E-state index contributed by atoms with van der Waals surface area (Å²) in [6, 6.07) is 5.54. The molecule has 86 valence electrons. The van der Waals surface area contributed by atoms with Gasteiger partial charge in [0.2, 0.25) is 0 Å². The predicted octanol–water partition coefficient (Wildman–Crippen LogP) is 2.46. The first-order valence-electron chi connectivity index (χ1n) is 4.99. The average molecular weight is 349 g/mol. The molecule has 1 fully saturated rings. The van der Waals surface area contributed by atoms with Gasteiger partial charge in [0, 0.05) is 20.6 Å². The van der Waals surface area contributed by atoms with Crippen LogP contribution < -0.4 is 5.32 Å². The quantitative estimate of drug-likeness (QED) is 0.862. The smallest absolute Gasteiger partial charge is 0.251 e. The van der Waals surface area contributed by atoms with Gasteiger partial charge in [-0.25, -0.2) is 0 Å². The highest BCUT2D eigenvalue weighted by Crippen LogP contribution is 2.22. The van der Waals surface area contributed by atoms with Gasteiger partial charge >= 0.3 is 0 Å². The molecule has 2 N–H and O–H groups in total. The number of carbonyl (C=O) groups is 1. The summed E-state index contributed by atoms with van der Waals surface area (Å²) in [6.07, 6.45) is 1.06. The van der Waals surface area contributed by atoms with Crippen molar-refractivity contribution in [3.05, 3.63) is 32.7 Å². The first-order valence-corrected chi connectivity index (χ1v) is 6.58. The Morgan fingerprint density at radius 3 is 2.31 bits per heavy atom. The van der Waals surface area contributed by atoms with Crippen LogP contribution in [0.2, 0.25) is 0 Å². The highest BCUT2D eigenvalue weighted by molar-refractivity contribution is 9.11. The van der Waals surface area contributed by atoms with Gasteiger partial charge in [-0.15, -0.1) is 0 Å². The fourth-order valence-electron chi connectivity index (χ4n) is 1.66. The third-order valence-electron chi connectivity index (χ3n) is 2.57. The zero-order valence-corrected chi connectivity index (χ0v) is 11.6. The lowest BCUT2D eigenvalue weighted by atomic mass is 9.89. The summed E-state index contributed by atoms with van der Waals surface area (Å²) in [5.74, 6) is -0.0982. The molecule has 3 nitrogen and oxygen atoms in total. The molecule has 1 aliphatic carbocycles. The van der Waals surface area contributed by atoms with Crippen LogP contribution in [-0.2, 0) is 0 Å². The van der Waals surface area contributed by atoms with Crippen molar-refractivity contribution in [1.82, 2.24) is 5.32 Å². The van der Waals surface area contributed by atoms with E-state index < -0.39 is 0 Å². The lowest BCUT2D eigenvalue weighted by Crippen LogP contribution is -2.46. The molecule has 16 heavy (non-hydrogen) atoms. The lowest BCUT2D eigenvalue weighted by molar-refractivity contribution is 0.0562. The number of halogens is 2.